The molecule has 0 aromatic heterocycles. The van der Waals surface area contributed by atoms with E-state index in [2.05, 4.69) is 39.8 Å². The third-order valence-corrected chi connectivity index (χ3v) is 1.75. The smallest absolute Gasteiger partial charge is 0.00597 e. The summed E-state index contributed by atoms with van der Waals surface area (Å²) in [5.74, 6) is 0.580. The van der Waals surface area contributed by atoms with Gasteiger partial charge in [-0.25, -0.2) is 0 Å². The van der Waals surface area contributed by atoms with Crippen LogP contribution in [-0.2, 0) is 0 Å². The Balaban J connectivity index is 4.48. The summed E-state index contributed by atoms with van der Waals surface area (Å²) in [6, 6.07) is 0. The molecule has 0 amide bonds. The van der Waals surface area contributed by atoms with Gasteiger partial charge in [-0.05, 0) is 43.2 Å². The zero-order chi connectivity index (χ0) is 9.56. The van der Waals surface area contributed by atoms with Crippen molar-refractivity contribution in [3.63, 3.8) is 0 Å². The van der Waals surface area contributed by atoms with E-state index in [1.165, 1.54) is 11.1 Å². The molecule has 0 heterocycles. The zero-order valence-corrected chi connectivity index (χ0v) is 8.46. The Bertz CT molecular complexity index is 207. The molecule has 0 atom stereocenters. The lowest BCUT2D eigenvalue weighted by molar-refractivity contribution is 0.788. The Kier molecular flexibility index (Phi) is 5.18. The van der Waals surface area contributed by atoms with Crippen LogP contribution in [0.4, 0.5) is 0 Å². The molecule has 0 aliphatic heterocycles. The maximum atomic E-state index is 5.28. The molecule has 0 radical (unpaired) electrons. The highest BCUT2D eigenvalue weighted by Crippen LogP contribution is 2.13. The topological polar surface area (TPSA) is 26.0 Å². The van der Waals surface area contributed by atoms with Gasteiger partial charge in [0.1, 0.15) is 0 Å². The van der Waals surface area contributed by atoms with E-state index in [0.29, 0.717) is 5.92 Å². The summed E-state index contributed by atoms with van der Waals surface area (Å²) >= 11 is 0. The molecule has 0 aromatic rings. The summed E-state index contributed by atoms with van der Waals surface area (Å²) in [7, 11) is 0. The van der Waals surface area contributed by atoms with E-state index in [-0.39, 0.29) is 0 Å². The fourth-order valence-electron chi connectivity index (χ4n) is 1.05. The fourth-order valence-corrected chi connectivity index (χ4v) is 1.05. The first-order chi connectivity index (χ1) is 5.61. The SMILES string of the molecule is C/C=C(/C=C(C)\C=C/N)C(C)C. The van der Waals surface area contributed by atoms with Crippen LogP contribution in [0, 0.1) is 5.92 Å². The molecule has 12 heavy (non-hydrogen) atoms. The largest absolute Gasteiger partial charge is 0.405 e. The predicted octanol–water partition coefficient (Wildman–Crippen LogP) is 3.01. The first kappa shape index (κ1) is 11.0. The van der Waals surface area contributed by atoms with Gasteiger partial charge in [0.2, 0.25) is 0 Å². The van der Waals surface area contributed by atoms with Gasteiger partial charge < -0.3 is 5.73 Å². The first-order valence-electron chi connectivity index (χ1n) is 4.34. The summed E-state index contributed by atoms with van der Waals surface area (Å²) in [4.78, 5) is 0. The van der Waals surface area contributed by atoms with Crippen molar-refractivity contribution >= 4 is 0 Å². The van der Waals surface area contributed by atoms with Crippen LogP contribution < -0.4 is 5.73 Å². The average Bonchev–Trinajstić information content (AvgIpc) is 2.00. The van der Waals surface area contributed by atoms with Gasteiger partial charge in [0.25, 0.3) is 0 Å². The van der Waals surface area contributed by atoms with Crippen molar-refractivity contribution < 1.29 is 0 Å². The van der Waals surface area contributed by atoms with Crippen molar-refractivity contribution in [3.05, 3.63) is 35.6 Å². The van der Waals surface area contributed by atoms with Crippen LogP contribution in [0.2, 0.25) is 0 Å². The fraction of sp³-hybridized carbons (Fsp3) is 0.455. The van der Waals surface area contributed by atoms with Crippen molar-refractivity contribution in [1.29, 1.82) is 0 Å². The summed E-state index contributed by atoms with van der Waals surface area (Å²) in [6.45, 7) is 8.48. The molecule has 0 rings (SSSR count). The number of rotatable bonds is 3. The molecule has 0 aromatic carbocycles. The lowest BCUT2D eigenvalue weighted by Crippen LogP contribution is -1.90. The van der Waals surface area contributed by atoms with Crippen LogP contribution in [0.1, 0.15) is 27.7 Å². The van der Waals surface area contributed by atoms with Crippen LogP contribution in [0.5, 0.6) is 0 Å². The predicted molar refractivity (Wildman–Crippen MR) is 55.7 cm³/mol. The Morgan fingerprint density at radius 1 is 1.33 bits per heavy atom. The molecule has 2 N–H and O–H groups in total. The van der Waals surface area contributed by atoms with Crippen LogP contribution in [-0.4, -0.2) is 0 Å². The average molecular weight is 165 g/mol. The molecule has 68 valence electrons. The normalized spacial score (nSPS) is 14.8. The molecule has 1 heteroatoms. The van der Waals surface area contributed by atoms with Gasteiger partial charge in [0.05, 0.1) is 0 Å². The Hall–Kier alpha value is -0.980. The monoisotopic (exact) mass is 165 g/mol. The number of nitrogens with two attached hydrogens (primary N) is 1. The maximum Gasteiger partial charge on any atom is -0.00597 e. The highest BCUT2D eigenvalue weighted by Gasteiger charge is 1.97. The summed E-state index contributed by atoms with van der Waals surface area (Å²) < 4.78 is 0. The first-order valence-corrected chi connectivity index (χ1v) is 4.34. The van der Waals surface area contributed by atoms with Gasteiger partial charge in [-0.15, -0.1) is 0 Å². The number of hydrogen-bond acceptors (Lipinski definition) is 1. The Labute approximate surface area is 75.7 Å². The minimum Gasteiger partial charge on any atom is -0.405 e. The second kappa shape index (κ2) is 5.64. The third kappa shape index (κ3) is 4.02. The summed E-state index contributed by atoms with van der Waals surface area (Å²) in [5.41, 5.74) is 7.83. The molecule has 0 aliphatic rings. The number of hydrogen-bond donors (Lipinski definition) is 1. The molecule has 0 bridgehead atoms. The maximum absolute atomic E-state index is 5.28. The van der Waals surface area contributed by atoms with E-state index in [1.54, 1.807) is 6.20 Å². The highest BCUT2D eigenvalue weighted by atomic mass is 14.5. The summed E-state index contributed by atoms with van der Waals surface area (Å²) in [6.07, 6.45) is 7.78. The van der Waals surface area contributed by atoms with Gasteiger partial charge in [0, 0.05) is 0 Å². The molecule has 0 aliphatic carbocycles. The molecule has 1 nitrogen and oxygen atoms in total. The van der Waals surface area contributed by atoms with Gasteiger partial charge in [-0.1, -0.05) is 26.0 Å². The van der Waals surface area contributed by atoms with Crippen LogP contribution in [0.15, 0.2) is 35.6 Å². The second-order valence-corrected chi connectivity index (χ2v) is 3.19. The molecule has 0 fully saturated rings. The van der Waals surface area contributed by atoms with Crippen molar-refractivity contribution in [2.75, 3.05) is 0 Å². The lowest BCUT2D eigenvalue weighted by Gasteiger charge is -2.05. The van der Waals surface area contributed by atoms with Gasteiger partial charge in [-0.2, -0.15) is 0 Å². The van der Waals surface area contributed by atoms with E-state index in [9.17, 15) is 0 Å². The van der Waals surface area contributed by atoms with Crippen molar-refractivity contribution in [3.8, 4) is 0 Å². The molecule has 0 saturated carbocycles. The third-order valence-electron chi connectivity index (χ3n) is 1.75. The summed E-state index contributed by atoms with van der Waals surface area (Å²) in [5, 5.41) is 0. The van der Waals surface area contributed by atoms with E-state index < -0.39 is 0 Å². The van der Waals surface area contributed by atoms with Gasteiger partial charge in [0.15, 0.2) is 0 Å². The Morgan fingerprint density at radius 2 is 1.92 bits per heavy atom. The minimum atomic E-state index is 0.580. The van der Waals surface area contributed by atoms with Crippen LogP contribution in [0.25, 0.3) is 0 Å². The van der Waals surface area contributed by atoms with E-state index in [0.717, 1.165) is 0 Å². The van der Waals surface area contributed by atoms with Crippen molar-refractivity contribution in [1.82, 2.24) is 0 Å². The molecule has 0 spiro atoms. The number of allylic oxidation sites excluding steroid dienone is 5. The van der Waals surface area contributed by atoms with Gasteiger partial charge >= 0.3 is 0 Å². The standard InChI is InChI=1S/C11H19N/c1-5-11(9(2)3)8-10(4)6-7-12/h5-9H,12H2,1-4H3/b7-6-,10-8-,11-5-. The van der Waals surface area contributed by atoms with Gasteiger partial charge in [-0.3, -0.25) is 0 Å². The zero-order valence-electron chi connectivity index (χ0n) is 8.46. The van der Waals surface area contributed by atoms with Crippen LogP contribution in [0.3, 0.4) is 0 Å². The molecule has 0 saturated heterocycles. The Morgan fingerprint density at radius 3 is 2.25 bits per heavy atom. The van der Waals surface area contributed by atoms with Crippen molar-refractivity contribution in [2.24, 2.45) is 11.7 Å². The quantitative estimate of drug-likeness (QED) is 0.639. The van der Waals surface area contributed by atoms with E-state index in [1.807, 2.05) is 6.08 Å². The second-order valence-electron chi connectivity index (χ2n) is 3.19. The molecular formula is C11H19N. The minimum absolute atomic E-state index is 0.580. The van der Waals surface area contributed by atoms with Crippen molar-refractivity contribution in [2.45, 2.75) is 27.7 Å². The van der Waals surface area contributed by atoms with Crippen LogP contribution >= 0.6 is 0 Å². The highest BCUT2D eigenvalue weighted by molar-refractivity contribution is 5.29. The molecular weight excluding hydrogens is 146 g/mol. The van der Waals surface area contributed by atoms with E-state index in [4.69, 9.17) is 5.73 Å². The van der Waals surface area contributed by atoms with E-state index >= 15 is 0 Å². The molecule has 0 unspecified atom stereocenters. The lowest BCUT2D eigenvalue weighted by atomic mass is 10.0.